The molecular formula is C88H114N14O21. The molecule has 1 aliphatic heterocycles. The minimum absolute atomic E-state index is 0.00553. The molecule has 16 N–H and O–H groups in total. The number of hydrogen-bond acceptors (Lipinski definition) is 21. The zero-order valence-corrected chi connectivity index (χ0v) is 69.5. The molecule has 7 rings (SSSR count). The zero-order valence-electron chi connectivity index (χ0n) is 69.5. The van der Waals surface area contributed by atoms with Gasteiger partial charge >= 0.3 is 30.5 Å². The summed E-state index contributed by atoms with van der Waals surface area (Å²) in [4.78, 5) is 200. The lowest BCUT2D eigenvalue weighted by Crippen LogP contribution is -2.61. The van der Waals surface area contributed by atoms with Crippen LogP contribution in [-0.2, 0) is 106 Å². The zero-order chi connectivity index (χ0) is 88.7. The van der Waals surface area contributed by atoms with E-state index in [0.29, 0.717) is 33.4 Å². The Morgan fingerprint density at radius 2 is 0.715 bits per heavy atom. The van der Waals surface area contributed by atoms with Crippen molar-refractivity contribution in [1.82, 2.24) is 74.4 Å². The van der Waals surface area contributed by atoms with Crippen LogP contribution in [0, 0.1) is 5.92 Å². The summed E-state index contributed by atoms with van der Waals surface area (Å²) >= 11 is 0. The summed E-state index contributed by atoms with van der Waals surface area (Å²) in [5.41, 5.74) is 3.87. The Kier molecular flexibility index (Phi) is 42.1. The predicted molar refractivity (Wildman–Crippen MR) is 450 cm³/mol. The second-order valence-electron chi connectivity index (χ2n) is 29.9. The molecule has 35 nitrogen and oxygen atoms in total. The van der Waals surface area contributed by atoms with Crippen molar-refractivity contribution in [2.75, 3.05) is 32.7 Å². The maximum absolute atomic E-state index is 15.4. The molecule has 1 aliphatic rings. The van der Waals surface area contributed by atoms with Gasteiger partial charge in [0.15, 0.2) is 0 Å². The third kappa shape index (κ3) is 37.2. The molecule has 1 saturated heterocycles. The lowest BCUT2D eigenvalue weighted by Gasteiger charge is -2.29. The van der Waals surface area contributed by atoms with Crippen LogP contribution >= 0.6 is 0 Å². The van der Waals surface area contributed by atoms with Crippen molar-refractivity contribution in [1.29, 1.82) is 0 Å². The fourth-order valence-electron chi connectivity index (χ4n) is 12.7. The van der Waals surface area contributed by atoms with E-state index in [2.05, 4.69) is 74.4 Å². The number of amides is 14. The summed E-state index contributed by atoms with van der Waals surface area (Å²) in [7, 11) is 0. The molecule has 11 atom stereocenters. The van der Waals surface area contributed by atoms with Crippen LogP contribution in [0.3, 0.4) is 0 Å². The third-order valence-electron chi connectivity index (χ3n) is 19.3. The second-order valence-corrected chi connectivity index (χ2v) is 29.9. The smallest absolute Gasteiger partial charge is 0.408 e. The highest BCUT2D eigenvalue weighted by molar-refractivity contribution is 5.99. The number of nitrogens with one attached hydrogen (secondary N) is 14. The van der Waals surface area contributed by atoms with Crippen LogP contribution in [0.5, 0.6) is 0 Å². The van der Waals surface area contributed by atoms with Gasteiger partial charge in [-0.2, -0.15) is 0 Å². The highest BCUT2D eigenvalue weighted by atomic mass is 16.6. The first-order valence-corrected chi connectivity index (χ1v) is 41.1. The van der Waals surface area contributed by atoms with Gasteiger partial charge in [0.25, 0.3) is 0 Å². The lowest BCUT2D eigenvalue weighted by molar-refractivity contribution is -0.136. The van der Waals surface area contributed by atoms with Crippen LogP contribution in [0.15, 0.2) is 182 Å². The molecule has 6 aromatic rings. The van der Waals surface area contributed by atoms with Crippen molar-refractivity contribution in [3.8, 4) is 0 Å². The first-order valence-electron chi connectivity index (χ1n) is 41.1. The molecule has 35 heteroatoms. The number of ether oxygens (including phenoxy) is 5. The van der Waals surface area contributed by atoms with Crippen LogP contribution < -0.4 is 74.4 Å². The maximum Gasteiger partial charge on any atom is 0.408 e. The van der Waals surface area contributed by atoms with Crippen molar-refractivity contribution < 1.29 is 101 Å². The standard InChI is InChI=1S/C88H114N14O21/c1-57(2)50-71-80(110)97-67(41-24-46-90-84(114)119-52-61-30-13-6-14-31-61)76(106)96-70(44-27-49-93-87(117)122-55-64-36-19-9-20-37-64)79(109)101-73(58(3)103)82(112)89-45-23-40-66(75(105)95-68(42-25-47-91-85(115)120-53-62-32-15-7-16-33-62)78(108)100-72(81(111)99-71)51-60-28-11-5-12-29-60)94-77(107)69(43-26-48-92-86(116)121-54-63-34-17-8-18-35-63)98-83(113)74(59(4)104)102-88(118)123-56-65-38-21-10-22-39-65/h5-22,28-39,57-59,66-74,103-104H,23-27,40-56H2,1-4H3,(H,89,112)(H,90,114)(H,91,115)(H,92,116)(H,93,117)(H,94,107)(H,95,105)(H,96,106)(H,97,110)(H,98,113)(H,99,111)(H,100,108)(H,101,109)(H,102,118)/t58-,59-,66+,67+,68+,69+,70+,71+,72-,73+,74+/m1/s1. The lowest BCUT2D eigenvalue weighted by atomic mass is 9.99. The molecule has 14 amide bonds. The summed E-state index contributed by atoms with van der Waals surface area (Å²) in [5.74, 6) is -9.41. The fourth-order valence-corrected chi connectivity index (χ4v) is 12.7. The van der Waals surface area contributed by atoms with E-state index in [1.807, 2.05) is 0 Å². The number of hydrogen-bond donors (Lipinski definition) is 16. The Balaban J connectivity index is 1.24. The number of aliphatic hydroxyl groups excluding tert-OH is 2. The molecule has 0 radical (unpaired) electrons. The SMILES string of the molecule is CC(C)C[C@@H]1NC(=O)[C@@H](Cc2ccccc2)NC(=O)[C@H](CCCNC(=O)OCc2ccccc2)NC(=O)[C@@H](NC(=O)[C@H](CCCNC(=O)OCc2ccccc2)NC(=O)[C@@H](NC(=O)OCc2ccccc2)[C@@H](C)O)CCCNC(=O)[C@H]([C@@H](C)O)NC(=O)[C@H](CCCNC(=O)OCc2ccccc2)NC(=O)[C@H](CCCNC(=O)OCc2ccccc2)NC1=O. The van der Waals surface area contributed by atoms with Gasteiger partial charge < -0.3 is 108 Å². The fraction of sp³-hybridized carbons (Fsp3) is 0.432. The van der Waals surface area contributed by atoms with Crippen molar-refractivity contribution in [2.45, 2.75) is 204 Å². The van der Waals surface area contributed by atoms with Gasteiger partial charge in [-0.3, -0.25) is 43.2 Å². The number of rotatable bonds is 37. The molecule has 0 aromatic heterocycles. The van der Waals surface area contributed by atoms with Crippen LogP contribution in [-0.4, -0.2) is 193 Å². The van der Waals surface area contributed by atoms with Crippen molar-refractivity contribution in [3.05, 3.63) is 215 Å². The minimum atomic E-state index is -1.78. The van der Waals surface area contributed by atoms with E-state index in [4.69, 9.17) is 23.7 Å². The average Bonchev–Trinajstić information content (AvgIpc) is 0.849. The Morgan fingerprint density at radius 3 is 1.10 bits per heavy atom. The third-order valence-corrected chi connectivity index (χ3v) is 19.3. The molecule has 0 spiro atoms. The molecule has 0 unspecified atom stereocenters. The molecule has 662 valence electrons. The van der Waals surface area contributed by atoms with Crippen molar-refractivity contribution >= 4 is 83.6 Å². The molecule has 0 aliphatic carbocycles. The van der Waals surface area contributed by atoms with Crippen LogP contribution in [0.2, 0.25) is 0 Å². The number of carbonyl (C=O) groups is 14. The van der Waals surface area contributed by atoms with Gasteiger partial charge in [0, 0.05) is 39.1 Å². The van der Waals surface area contributed by atoms with Gasteiger partial charge in [0.2, 0.25) is 53.2 Å². The number of benzene rings is 6. The Labute approximate surface area is 714 Å². The maximum atomic E-state index is 15.4. The Hall–Kier alpha value is -13.2. The number of carbonyl (C=O) groups excluding carboxylic acids is 14. The summed E-state index contributed by atoms with van der Waals surface area (Å²) in [5, 5.41) is 59.1. The minimum Gasteiger partial charge on any atom is -0.445 e. The van der Waals surface area contributed by atoms with E-state index in [1.54, 1.807) is 196 Å². The summed E-state index contributed by atoms with van der Waals surface area (Å²) in [6.07, 6.45) is -9.91. The summed E-state index contributed by atoms with van der Waals surface area (Å²) in [6, 6.07) is 37.5. The van der Waals surface area contributed by atoms with Crippen LogP contribution in [0.25, 0.3) is 0 Å². The van der Waals surface area contributed by atoms with Gasteiger partial charge in [-0.05, 0) is 124 Å². The quantitative estimate of drug-likeness (QED) is 0.0181. The topological polar surface area (TPSA) is 494 Å². The van der Waals surface area contributed by atoms with E-state index in [-0.39, 0.29) is 142 Å². The molecule has 0 bridgehead atoms. The van der Waals surface area contributed by atoms with Crippen LogP contribution in [0.1, 0.15) is 132 Å². The summed E-state index contributed by atoms with van der Waals surface area (Å²) in [6.45, 7) is 4.44. The second kappa shape index (κ2) is 53.5. The van der Waals surface area contributed by atoms with Crippen molar-refractivity contribution in [2.24, 2.45) is 5.92 Å². The first-order chi connectivity index (χ1) is 59.3. The Bertz CT molecular complexity index is 4330. The van der Waals surface area contributed by atoms with E-state index in [0.717, 1.165) is 0 Å². The highest BCUT2D eigenvalue weighted by Crippen LogP contribution is 2.16. The van der Waals surface area contributed by atoms with E-state index >= 15 is 28.8 Å². The van der Waals surface area contributed by atoms with Gasteiger partial charge in [-0.15, -0.1) is 0 Å². The number of alkyl carbamates (subject to hydrolysis) is 5. The average molecular weight is 1700 g/mol. The number of aliphatic hydroxyl groups is 2. The van der Waals surface area contributed by atoms with Gasteiger partial charge in [-0.25, -0.2) is 24.0 Å². The van der Waals surface area contributed by atoms with E-state index < -0.39 is 157 Å². The molecule has 1 heterocycles. The van der Waals surface area contributed by atoms with Gasteiger partial charge in [0.1, 0.15) is 87.4 Å². The normalized spacial score (nSPS) is 18.5. The molecular weight excluding hydrogens is 1590 g/mol. The first kappa shape index (κ1) is 96.9. The van der Waals surface area contributed by atoms with E-state index in [1.165, 1.54) is 13.8 Å². The van der Waals surface area contributed by atoms with Gasteiger partial charge in [-0.1, -0.05) is 196 Å². The molecule has 123 heavy (non-hydrogen) atoms. The largest absolute Gasteiger partial charge is 0.445 e. The van der Waals surface area contributed by atoms with E-state index in [9.17, 15) is 48.6 Å². The van der Waals surface area contributed by atoms with Crippen LogP contribution in [0.4, 0.5) is 24.0 Å². The molecule has 1 fully saturated rings. The molecule has 0 saturated carbocycles. The monoisotopic (exact) mass is 1700 g/mol. The highest BCUT2D eigenvalue weighted by Gasteiger charge is 2.38. The Morgan fingerprint density at radius 1 is 0.382 bits per heavy atom. The summed E-state index contributed by atoms with van der Waals surface area (Å²) < 4.78 is 26.9. The van der Waals surface area contributed by atoms with Gasteiger partial charge in [0.05, 0.1) is 12.2 Å². The predicted octanol–water partition coefficient (Wildman–Crippen LogP) is 4.95. The van der Waals surface area contributed by atoms with Crippen molar-refractivity contribution in [3.63, 3.8) is 0 Å². The molecule has 6 aromatic carbocycles.